The minimum absolute atomic E-state index is 0.294. The van der Waals surface area contributed by atoms with Crippen LogP contribution < -0.4 is 0 Å². The molecule has 2 aliphatic carbocycles. The first-order valence-corrected chi connectivity index (χ1v) is 17.2. The third-order valence-corrected chi connectivity index (χ3v) is 16.5. The zero-order valence-corrected chi connectivity index (χ0v) is 18.8. The predicted octanol–water partition coefficient (Wildman–Crippen LogP) is 1.05. The summed E-state index contributed by atoms with van der Waals surface area (Å²) < 4.78 is 37.9. The SMILES string of the molecule is C[SiH2]O[Si](O[Si](C)(C)C)(C1CC2OC2C2OC21)C1CC2OC2C2OC21. The second kappa shape index (κ2) is 5.06. The molecule has 4 heterocycles. The summed E-state index contributed by atoms with van der Waals surface area (Å²) >= 11 is 0. The van der Waals surface area contributed by atoms with Crippen LogP contribution in [-0.4, -0.2) is 75.5 Å². The Morgan fingerprint density at radius 3 is 1.72 bits per heavy atom. The topological polar surface area (TPSA) is 68.6 Å². The lowest BCUT2D eigenvalue weighted by molar-refractivity contribution is 0.248. The molecule has 140 valence electrons. The van der Waals surface area contributed by atoms with E-state index in [1.807, 2.05) is 0 Å². The molecule has 0 bridgehead atoms. The first kappa shape index (κ1) is 16.4. The molecule has 10 atom stereocenters. The number of hydrogen-bond acceptors (Lipinski definition) is 6. The summed E-state index contributed by atoms with van der Waals surface area (Å²) in [6.45, 7) is 9.13. The van der Waals surface area contributed by atoms with Crippen LogP contribution in [0.5, 0.6) is 0 Å². The minimum Gasteiger partial charge on any atom is -0.442 e. The Labute approximate surface area is 153 Å². The van der Waals surface area contributed by atoms with Crippen molar-refractivity contribution >= 4 is 26.6 Å². The van der Waals surface area contributed by atoms with Crippen molar-refractivity contribution in [3.63, 3.8) is 0 Å². The second-order valence-electron chi connectivity index (χ2n) is 9.46. The molecule has 6 fully saturated rings. The summed E-state index contributed by atoms with van der Waals surface area (Å²) in [6, 6.07) is 0. The molecule has 0 aromatic heterocycles. The van der Waals surface area contributed by atoms with E-state index in [4.69, 9.17) is 27.2 Å². The van der Waals surface area contributed by atoms with Gasteiger partial charge in [-0.1, -0.05) is 6.55 Å². The molecule has 0 radical (unpaired) electrons. The smallest absolute Gasteiger partial charge is 0.329 e. The molecule has 6 aliphatic rings. The summed E-state index contributed by atoms with van der Waals surface area (Å²) in [5.41, 5.74) is 0.788. The van der Waals surface area contributed by atoms with Crippen LogP contribution in [0.25, 0.3) is 0 Å². The van der Waals surface area contributed by atoms with E-state index in [2.05, 4.69) is 26.2 Å². The van der Waals surface area contributed by atoms with Gasteiger partial charge >= 0.3 is 8.56 Å². The van der Waals surface area contributed by atoms with Crippen LogP contribution >= 0.6 is 0 Å². The van der Waals surface area contributed by atoms with Crippen molar-refractivity contribution in [2.45, 2.75) is 98.9 Å². The Hall–Kier alpha value is 0.411. The van der Waals surface area contributed by atoms with Gasteiger partial charge in [-0.2, -0.15) is 0 Å². The van der Waals surface area contributed by atoms with Gasteiger partial charge in [-0.3, -0.25) is 0 Å². The van der Waals surface area contributed by atoms with Gasteiger partial charge in [0.05, 0.1) is 24.4 Å². The zero-order valence-electron chi connectivity index (χ0n) is 15.3. The largest absolute Gasteiger partial charge is 0.442 e. The highest BCUT2D eigenvalue weighted by Gasteiger charge is 2.77. The Kier molecular flexibility index (Phi) is 3.31. The Morgan fingerprint density at radius 1 is 0.760 bits per heavy atom. The monoisotopic (exact) mass is 400 g/mol. The predicted molar refractivity (Wildman–Crippen MR) is 97.1 cm³/mol. The van der Waals surface area contributed by atoms with Crippen molar-refractivity contribution in [1.82, 2.24) is 0 Å². The zero-order chi connectivity index (χ0) is 17.1. The standard InChI is InChI=1S/C16H28O6Si3/c1-23-21-25(22-24(2,3)4,9-5-7-11(17-7)15-13(9)19-15)10-6-8-12(18-8)16-14(10)20-16/h7-16H,5-6,23H2,1-4H3. The van der Waals surface area contributed by atoms with Gasteiger partial charge in [0.2, 0.25) is 0 Å². The minimum atomic E-state index is -2.49. The molecule has 6 nitrogen and oxygen atoms in total. The Balaban J connectivity index is 1.38. The highest BCUT2D eigenvalue weighted by Crippen LogP contribution is 2.64. The van der Waals surface area contributed by atoms with Gasteiger partial charge in [0.1, 0.15) is 34.2 Å². The average Bonchev–Trinajstić information content (AvgIpc) is 3.40. The van der Waals surface area contributed by atoms with Crippen molar-refractivity contribution in [2.75, 3.05) is 0 Å². The third kappa shape index (κ3) is 2.47. The van der Waals surface area contributed by atoms with Gasteiger partial charge in [-0.15, -0.1) is 0 Å². The van der Waals surface area contributed by atoms with Crippen LogP contribution in [0.15, 0.2) is 0 Å². The van der Waals surface area contributed by atoms with Gasteiger partial charge in [-0.05, 0) is 32.5 Å². The molecule has 6 rings (SSSR count). The summed E-state index contributed by atoms with van der Waals surface area (Å²) in [5.74, 6) is 0. The van der Waals surface area contributed by atoms with Gasteiger partial charge in [0.15, 0.2) is 8.32 Å². The normalized spacial score (nSPS) is 57.1. The quantitative estimate of drug-likeness (QED) is 0.490. The lowest BCUT2D eigenvalue weighted by Gasteiger charge is -2.46. The molecule has 9 heteroatoms. The number of rotatable bonds is 6. The first-order valence-electron chi connectivity index (χ1n) is 9.87. The lowest BCUT2D eigenvalue weighted by Crippen LogP contribution is -2.61. The third-order valence-electron chi connectivity index (χ3n) is 6.65. The molecule has 25 heavy (non-hydrogen) atoms. The molecule has 0 aromatic rings. The van der Waals surface area contributed by atoms with E-state index in [1.165, 1.54) is 0 Å². The van der Waals surface area contributed by atoms with Crippen LogP contribution in [0.3, 0.4) is 0 Å². The van der Waals surface area contributed by atoms with E-state index in [9.17, 15) is 0 Å². The molecule has 0 amide bonds. The first-order chi connectivity index (χ1) is 11.9. The maximum absolute atomic E-state index is 7.09. The van der Waals surface area contributed by atoms with Crippen molar-refractivity contribution in [3.05, 3.63) is 0 Å². The summed E-state index contributed by atoms with van der Waals surface area (Å²) in [6.07, 6.45) is 4.75. The maximum Gasteiger partial charge on any atom is 0.329 e. The van der Waals surface area contributed by atoms with Crippen LogP contribution in [0.2, 0.25) is 37.3 Å². The lowest BCUT2D eigenvalue weighted by atomic mass is 9.99. The van der Waals surface area contributed by atoms with E-state index in [1.54, 1.807) is 0 Å². The number of hydrogen-bond donors (Lipinski definition) is 0. The molecule has 4 saturated heterocycles. The van der Waals surface area contributed by atoms with Crippen molar-refractivity contribution in [2.24, 2.45) is 0 Å². The summed E-state index contributed by atoms with van der Waals surface area (Å²) in [7, 11) is -4.86. The van der Waals surface area contributed by atoms with Gasteiger partial charge in [0, 0.05) is 11.1 Å². The van der Waals surface area contributed by atoms with Gasteiger partial charge in [0.25, 0.3) is 0 Å². The van der Waals surface area contributed by atoms with Gasteiger partial charge in [-0.25, -0.2) is 0 Å². The van der Waals surface area contributed by atoms with Crippen LogP contribution in [0.1, 0.15) is 12.8 Å². The molecule has 10 unspecified atom stereocenters. The number of fused-ring (bicyclic) bond motifs is 6. The molecule has 2 saturated carbocycles. The summed E-state index contributed by atoms with van der Waals surface area (Å²) in [4.78, 5) is 0. The fourth-order valence-electron chi connectivity index (χ4n) is 5.65. The highest BCUT2D eigenvalue weighted by atomic mass is 28.5. The molecule has 0 aromatic carbocycles. The molecular weight excluding hydrogens is 372 g/mol. The maximum atomic E-state index is 7.09. The molecule has 4 aliphatic heterocycles. The Morgan fingerprint density at radius 2 is 1.28 bits per heavy atom. The Bertz CT molecular complexity index is 561. The van der Waals surface area contributed by atoms with Crippen molar-refractivity contribution < 1.29 is 27.2 Å². The van der Waals surface area contributed by atoms with Crippen molar-refractivity contribution in [3.8, 4) is 0 Å². The fourth-order valence-corrected chi connectivity index (χ4v) is 18.1. The van der Waals surface area contributed by atoms with E-state index in [-0.39, 0.29) is 0 Å². The molecule has 0 spiro atoms. The average molecular weight is 401 g/mol. The number of ether oxygens (including phenoxy) is 4. The van der Waals surface area contributed by atoms with Crippen LogP contribution in [0, 0.1) is 0 Å². The van der Waals surface area contributed by atoms with E-state index in [0.29, 0.717) is 59.9 Å². The second-order valence-corrected chi connectivity index (χ2v) is 19.2. The summed E-state index contributed by atoms with van der Waals surface area (Å²) in [5, 5.41) is 0. The van der Waals surface area contributed by atoms with Crippen LogP contribution in [0.4, 0.5) is 0 Å². The van der Waals surface area contributed by atoms with E-state index < -0.39 is 26.6 Å². The number of epoxide rings is 4. The van der Waals surface area contributed by atoms with E-state index in [0.717, 1.165) is 12.8 Å². The molecule has 0 N–H and O–H groups in total. The fraction of sp³-hybridized carbons (Fsp3) is 1.00. The van der Waals surface area contributed by atoms with Gasteiger partial charge < -0.3 is 27.2 Å². The van der Waals surface area contributed by atoms with Crippen LogP contribution in [-0.2, 0) is 27.2 Å². The van der Waals surface area contributed by atoms with E-state index >= 15 is 0 Å². The molecular formula is C16H28O6Si3. The highest BCUT2D eigenvalue weighted by molar-refractivity contribution is 6.85. The van der Waals surface area contributed by atoms with Crippen molar-refractivity contribution in [1.29, 1.82) is 0 Å².